The minimum atomic E-state index is -4.56. The van der Waals surface area contributed by atoms with Gasteiger partial charge in [0.05, 0.1) is 30.2 Å². The summed E-state index contributed by atoms with van der Waals surface area (Å²) in [6, 6.07) is 5.64. The SMILES string of the molecule is O=C(Nc1cc(C(F)(F)F)ccc1N1CCOCC1)N1CCN(S(=O)(=O)c2cccnc2)CC1. The number of ether oxygens (including phenoxy) is 1. The minimum Gasteiger partial charge on any atom is -0.378 e. The molecule has 9 nitrogen and oxygen atoms in total. The van der Waals surface area contributed by atoms with Crippen molar-refractivity contribution in [2.75, 3.05) is 62.7 Å². The number of urea groups is 1. The average molecular weight is 500 g/mol. The lowest BCUT2D eigenvalue weighted by Gasteiger charge is -2.35. The van der Waals surface area contributed by atoms with Crippen LogP contribution < -0.4 is 10.2 Å². The normalized spacial score (nSPS) is 18.1. The summed E-state index contributed by atoms with van der Waals surface area (Å²) < 4.78 is 72.0. The molecule has 0 bridgehead atoms. The number of rotatable bonds is 4. The van der Waals surface area contributed by atoms with E-state index < -0.39 is 27.8 Å². The van der Waals surface area contributed by atoms with E-state index in [2.05, 4.69) is 10.3 Å². The number of pyridine rings is 1. The van der Waals surface area contributed by atoms with Crippen LogP contribution in [0, 0.1) is 0 Å². The number of hydrogen-bond acceptors (Lipinski definition) is 6. The van der Waals surface area contributed by atoms with Crippen molar-refractivity contribution in [3.05, 3.63) is 48.3 Å². The fraction of sp³-hybridized carbons (Fsp3) is 0.429. The summed E-state index contributed by atoms with van der Waals surface area (Å²) in [4.78, 5) is 20.0. The Balaban J connectivity index is 1.47. The molecule has 2 amide bonds. The lowest BCUT2D eigenvalue weighted by Crippen LogP contribution is -2.51. The third-order valence-corrected chi connectivity index (χ3v) is 7.60. The third kappa shape index (κ3) is 5.26. The number of halogens is 3. The number of sulfonamides is 1. The largest absolute Gasteiger partial charge is 0.416 e. The van der Waals surface area contributed by atoms with Crippen molar-refractivity contribution in [2.45, 2.75) is 11.1 Å². The topological polar surface area (TPSA) is 95.1 Å². The summed E-state index contributed by atoms with van der Waals surface area (Å²) in [6.07, 6.45) is -1.83. The Labute approximate surface area is 195 Å². The van der Waals surface area contributed by atoms with Crippen LogP contribution in [-0.4, -0.2) is 81.1 Å². The molecule has 13 heteroatoms. The van der Waals surface area contributed by atoms with Crippen LogP contribution in [0.25, 0.3) is 0 Å². The number of nitrogens with one attached hydrogen (secondary N) is 1. The maximum absolute atomic E-state index is 13.3. The molecule has 1 N–H and O–H groups in total. The number of amides is 2. The highest BCUT2D eigenvalue weighted by molar-refractivity contribution is 7.89. The standard InChI is InChI=1S/C21H24F3N5O4S/c22-21(23,24)16-3-4-19(27-10-12-33-13-11-27)18(14-16)26-20(30)28-6-8-29(9-7-28)34(31,32)17-2-1-5-25-15-17/h1-5,14-15H,6-13H2,(H,26,30). The molecule has 0 unspecified atom stereocenters. The highest BCUT2D eigenvalue weighted by Crippen LogP contribution is 2.36. The Bertz CT molecular complexity index is 1120. The molecule has 184 valence electrons. The zero-order chi connectivity index (χ0) is 24.3. The van der Waals surface area contributed by atoms with Crippen molar-refractivity contribution in [1.29, 1.82) is 0 Å². The summed E-state index contributed by atoms with van der Waals surface area (Å²) in [5.41, 5.74) is -0.346. The van der Waals surface area contributed by atoms with Crippen LogP contribution in [0.4, 0.5) is 29.3 Å². The van der Waals surface area contributed by atoms with E-state index in [4.69, 9.17) is 4.74 Å². The van der Waals surface area contributed by atoms with Crippen LogP contribution in [0.3, 0.4) is 0 Å². The fourth-order valence-corrected chi connectivity index (χ4v) is 5.25. The van der Waals surface area contributed by atoms with Gasteiger partial charge in [-0.05, 0) is 30.3 Å². The van der Waals surface area contributed by atoms with Gasteiger partial charge >= 0.3 is 12.2 Å². The van der Waals surface area contributed by atoms with Crippen molar-refractivity contribution in [2.24, 2.45) is 0 Å². The number of alkyl halides is 3. The first-order valence-corrected chi connectivity index (χ1v) is 12.1. The molecule has 3 heterocycles. The van der Waals surface area contributed by atoms with Crippen molar-refractivity contribution >= 4 is 27.4 Å². The Hall–Kier alpha value is -2.90. The number of benzene rings is 1. The summed E-state index contributed by atoms with van der Waals surface area (Å²) >= 11 is 0. The van der Waals surface area contributed by atoms with Gasteiger partial charge < -0.3 is 19.9 Å². The molecule has 2 saturated heterocycles. The Kier molecular flexibility index (Phi) is 6.96. The summed E-state index contributed by atoms with van der Waals surface area (Å²) in [5.74, 6) is 0. The number of aromatic nitrogens is 1. The fourth-order valence-electron chi connectivity index (χ4n) is 3.87. The van der Waals surface area contributed by atoms with Gasteiger partial charge in [0.1, 0.15) is 4.90 Å². The minimum absolute atomic E-state index is 0.0483. The molecule has 4 rings (SSSR count). The molecule has 0 spiro atoms. The zero-order valence-corrected chi connectivity index (χ0v) is 19.0. The molecule has 0 saturated carbocycles. The van der Waals surface area contributed by atoms with Crippen molar-refractivity contribution in [3.8, 4) is 0 Å². The van der Waals surface area contributed by atoms with Gasteiger partial charge in [-0.3, -0.25) is 4.98 Å². The molecule has 2 aliphatic rings. The lowest BCUT2D eigenvalue weighted by molar-refractivity contribution is -0.137. The van der Waals surface area contributed by atoms with Crippen LogP contribution in [-0.2, 0) is 20.9 Å². The van der Waals surface area contributed by atoms with E-state index in [1.54, 1.807) is 0 Å². The van der Waals surface area contributed by atoms with E-state index in [1.807, 2.05) is 4.90 Å². The molecular formula is C21H24F3N5O4S. The second-order valence-electron chi connectivity index (χ2n) is 7.84. The van der Waals surface area contributed by atoms with Crippen molar-refractivity contribution in [1.82, 2.24) is 14.2 Å². The molecule has 1 aromatic carbocycles. The van der Waals surface area contributed by atoms with Gasteiger partial charge in [-0.25, -0.2) is 13.2 Å². The van der Waals surface area contributed by atoms with E-state index in [9.17, 15) is 26.4 Å². The van der Waals surface area contributed by atoms with E-state index in [-0.39, 0.29) is 36.8 Å². The Morgan fingerprint density at radius 2 is 1.74 bits per heavy atom. The zero-order valence-electron chi connectivity index (χ0n) is 18.2. The number of carbonyl (C=O) groups excluding carboxylic acids is 1. The van der Waals surface area contributed by atoms with E-state index in [0.29, 0.717) is 32.0 Å². The quantitative estimate of drug-likeness (QED) is 0.695. The van der Waals surface area contributed by atoms with Crippen LogP contribution in [0.15, 0.2) is 47.6 Å². The van der Waals surface area contributed by atoms with Crippen LogP contribution >= 0.6 is 0 Å². The molecule has 2 aliphatic heterocycles. The molecule has 0 radical (unpaired) electrons. The maximum atomic E-state index is 13.3. The lowest BCUT2D eigenvalue weighted by atomic mass is 10.1. The van der Waals surface area contributed by atoms with Crippen molar-refractivity contribution < 1.29 is 31.1 Å². The number of carbonyl (C=O) groups is 1. The number of morpholine rings is 1. The second kappa shape index (κ2) is 9.76. The monoisotopic (exact) mass is 499 g/mol. The molecule has 2 fully saturated rings. The highest BCUT2D eigenvalue weighted by atomic mass is 32.2. The smallest absolute Gasteiger partial charge is 0.378 e. The predicted molar refractivity (Wildman–Crippen MR) is 118 cm³/mol. The summed E-state index contributed by atoms with van der Waals surface area (Å²) in [7, 11) is -3.74. The number of nitrogens with zero attached hydrogens (tertiary/aromatic N) is 4. The summed E-state index contributed by atoms with van der Waals surface area (Å²) in [6.45, 7) is 2.14. The van der Waals surface area contributed by atoms with Crippen LogP contribution in [0.5, 0.6) is 0 Å². The Morgan fingerprint density at radius 1 is 1.03 bits per heavy atom. The van der Waals surface area contributed by atoms with E-state index >= 15 is 0 Å². The first-order chi connectivity index (χ1) is 16.2. The Morgan fingerprint density at radius 3 is 2.35 bits per heavy atom. The van der Waals surface area contributed by atoms with Gasteiger partial charge in [0.25, 0.3) is 0 Å². The predicted octanol–water partition coefficient (Wildman–Crippen LogP) is 2.48. The molecule has 0 atom stereocenters. The van der Waals surface area contributed by atoms with E-state index in [0.717, 1.165) is 12.1 Å². The van der Waals surface area contributed by atoms with Gasteiger partial charge in [0.15, 0.2) is 0 Å². The third-order valence-electron chi connectivity index (χ3n) is 5.72. The first kappa shape index (κ1) is 24.2. The van der Waals surface area contributed by atoms with Gasteiger partial charge in [-0.15, -0.1) is 0 Å². The first-order valence-electron chi connectivity index (χ1n) is 10.7. The van der Waals surface area contributed by atoms with Crippen LogP contribution in [0.2, 0.25) is 0 Å². The highest BCUT2D eigenvalue weighted by Gasteiger charge is 2.33. The van der Waals surface area contributed by atoms with Gasteiger partial charge in [0.2, 0.25) is 10.0 Å². The van der Waals surface area contributed by atoms with Crippen molar-refractivity contribution in [3.63, 3.8) is 0 Å². The van der Waals surface area contributed by atoms with Crippen LogP contribution in [0.1, 0.15) is 5.56 Å². The molecular weight excluding hydrogens is 475 g/mol. The molecule has 34 heavy (non-hydrogen) atoms. The molecule has 0 aliphatic carbocycles. The summed E-state index contributed by atoms with van der Waals surface area (Å²) in [5, 5.41) is 2.60. The van der Waals surface area contributed by atoms with Gasteiger partial charge in [0, 0.05) is 51.7 Å². The molecule has 2 aromatic rings. The second-order valence-corrected chi connectivity index (χ2v) is 9.78. The maximum Gasteiger partial charge on any atom is 0.416 e. The molecule has 1 aromatic heterocycles. The van der Waals surface area contributed by atoms with Gasteiger partial charge in [-0.2, -0.15) is 17.5 Å². The van der Waals surface area contributed by atoms with Gasteiger partial charge in [-0.1, -0.05) is 0 Å². The number of hydrogen-bond donors (Lipinski definition) is 1. The average Bonchev–Trinajstić information content (AvgIpc) is 2.84. The number of anilines is 2. The van der Waals surface area contributed by atoms with E-state index in [1.165, 1.54) is 39.8 Å². The number of piperazine rings is 1.